The molecule has 0 spiro atoms. The van der Waals surface area contributed by atoms with Crippen LogP contribution in [0.25, 0.3) is 0 Å². The number of urea groups is 1. The van der Waals surface area contributed by atoms with Crippen LogP contribution in [0.5, 0.6) is 5.75 Å². The summed E-state index contributed by atoms with van der Waals surface area (Å²) in [6.45, 7) is 0. The number of carboxylic acid groups (broad SMARTS) is 1. The highest BCUT2D eigenvalue weighted by Gasteiger charge is 2.30. The van der Waals surface area contributed by atoms with E-state index in [1.54, 1.807) is 12.1 Å². The van der Waals surface area contributed by atoms with Crippen molar-refractivity contribution in [3.63, 3.8) is 0 Å². The van der Waals surface area contributed by atoms with E-state index < -0.39 is 23.7 Å². The van der Waals surface area contributed by atoms with Gasteiger partial charge in [0.25, 0.3) is 0 Å². The third-order valence-electron chi connectivity index (χ3n) is 4.86. The molecule has 0 atom stereocenters. The molecule has 2 aromatic rings. The van der Waals surface area contributed by atoms with Gasteiger partial charge in [0, 0.05) is 11.7 Å². The fourth-order valence-electron chi connectivity index (χ4n) is 3.32. The Morgan fingerprint density at radius 3 is 2.27 bits per heavy atom. The highest BCUT2D eigenvalue weighted by Crippen LogP contribution is 2.30. The van der Waals surface area contributed by atoms with Gasteiger partial charge in [-0.2, -0.15) is 13.2 Å². The number of hydrogen-bond acceptors (Lipinski definition) is 3. The molecule has 0 aliphatic heterocycles. The molecule has 3 rings (SSSR count). The van der Waals surface area contributed by atoms with Crippen molar-refractivity contribution in [1.82, 2.24) is 5.32 Å². The molecule has 1 aliphatic carbocycles. The van der Waals surface area contributed by atoms with E-state index in [-0.39, 0.29) is 23.4 Å². The summed E-state index contributed by atoms with van der Waals surface area (Å²) in [7, 11) is 0. The Balaban J connectivity index is 1.44. The average molecular weight is 422 g/mol. The average Bonchev–Trinajstić information content (AvgIpc) is 2.69. The summed E-state index contributed by atoms with van der Waals surface area (Å²) in [4.78, 5) is 23.1. The van der Waals surface area contributed by atoms with Gasteiger partial charge in [-0.25, -0.2) is 9.59 Å². The molecule has 9 heteroatoms. The number of amides is 2. The maximum absolute atomic E-state index is 12.6. The van der Waals surface area contributed by atoms with E-state index in [1.807, 2.05) is 0 Å². The Labute approximate surface area is 171 Å². The van der Waals surface area contributed by atoms with Gasteiger partial charge >= 0.3 is 18.2 Å². The molecule has 0 unspecified atom stereocenters. The molecule has 0 saturated heterocycles. The summed E-state index contributed by atoms with van der Waals surface area (Å²) >= 11 is 0. The number of hydrogen-bond donors (Lipinski definition) is 3. The Kier molecular flexibility index (Phi) is 6.49. The minimum Gasteiger partial charge on any atom is -0.490 e. The van der Waals surface area contributed by atoms with Crippen LogP contribution in [-0.4, -0.2) is 29.3 Å². The fraction of sp³-hybridized carbons (Fsp3) is 0.333. The predicted octanol–water partition coefficient (Wildman–Crippen LogP) is 4.92. The van der Waals surface area contributed by atoms with Crippen molar-refractivity contribution in [1.29, 1.82) is 0 Å². The molecule has 160 valence electrons. The number of anilines is 1. The van der Waals surface area contributed by atoms with Crippen molar-refractivity contribution in [2.75, 3.05) is 5.32 Å². The zero-order valence-corrected chi connectivity index (χ0v) is 15.9. The molecular formula is C21H21F3N2O4. The van der Waals surface area contributed by atoms with E-state index in [1.165, 1.54) is 24.3 Å². The fourth-order valence-corrected chi connectivity index (χ4v) is 3.32. The van der Waals surface area contributed by atoms with Crippen LogP contribution in [0, 0.1) is 0 Å². The molecule has 3 N–H and O–H groups in total. The second-order valence-electron chi connectivity index (χ2n) is 7.10. The number of carboxylic acids is 1. The second-order valence-corrected chi connectivity index (χ2v) is 7.10. The van der Waals surface area contributed by atoms with E-state index in [4.69, 9.17) is 9.84 Å². The Hall–Kier alpha value is -3.23. The van der Waals surface area contributed by atoms with Crippen molar-refractivity contribution >= 4 is 17.7 Å². The number of ether oxygens (including phenoxy) is 1. The van der Waals surface area contributed by atoms with Crippen LogP contribution < -0.4 is 15.4 Å². The number of halogens is 3. The summed E-state index contributed by atoms with van der Waals surface area (Å²) in [5.41, 5.74) is -0.348. The Morgan fingerprint density at radius 1 is 1.00 bits per heavy atom. The summed E-state index contributed by atoms with van der Waals surface area (Å²) in [6, 6.07) is 9.98. The molecule has 2 aromatic carbocycles. The summed E-state index contributed by atoms with van der Waals surface area (Å²) < 4.78 is 43.6. The molecule has 1 aliphatic rings. The van der Waals surface area contributed by atoms with Gasteiger partial charge in [0.1, 0.15) is 5.75 Å². The number of rotatable bonds is 5. The first-order valence-corrected chi connectivity index (χ1v) is 9.45. The van der Waals surface area contributed by atoms with Gasteiger partial charge in [0.2, 0.25) is 0 Å². The maximum atomic E-state index is 12.6. The molecule has 0 aromatic heterocycles. The highest BCUT2D eigenvalue weighted by molar-refractivity contribution is 5.89. The lowest BCUT2D eigenvalue weighted by atomic mass is 9.93. The molecular weight excluding hydrogens is 401 g/mol. The number of alkyl halides is 3. The predicted molar refractivity (Wildman–Crippen MR) is 104 cm³/mol. The normalized spacial score (nSPS) is 19.0. The molecule has 2 amide bonds. The Bertz CT molecular complexity index is 892. The molecule has 0 heterocycles. The van der Waals surface area contributed by atoms with Crippen LogP contribution >= 0.6 is 0 Å². The molecule has 30 heavy (non-hydrogen) atoms. The van der Waals surface area contributed by atoms with Crippen LogP contribution in [0.1, 0.15) is 41.6 Å². The van der Waals surface area contributed by atoms with E-state index in [0.29, 0.717) is 31.4 Å². The summed E-state index contributed by atoms with van der Waals surface area (Å²) in [5.74, 6) is -0.529. The van der Waals surface area contributed by atoms with Crippen molar-refractivity contribution in [2.45, 2.75) is 44.0 Å². The van der Waals surface area contributed by atoms with Crippen molar-refractivity contribution in [3.05, 3.63) is 59.7 Å². The topological polar surface area (TPSA) is 87.7 Å². The third-order valence-corrected chi connectivity index (χ3v) is 4.86. The van der Waals surface area contributed by atoms with Gasteiger partial charge in [0.05, 0.1) is 17.2 Å². The first kappa shape index (κ1) is 21.5. The molecule has 0 bridgehead atoms. The van der Waals surface area contributed by atoms with E-state index in [9.17, 15) is 22.8 Å². The third kappa shape index (κ3) is 5.88. The molecule has 1 fully saturated rings. The van der Waals surface area contributed by atoms with Gasteiger partial charge in [-0.15, -0.1) is 0 Å². The first-order chi connectivity index (χ1) is 14.2. The lowest BCUT2D eigenvalue weighted by molar-refractivity contribution is -0.137. The lowest BCUT2D eigenvalue weighted by Gasteiger charge is -2.29. The zero-order valence-electron chi connectivity index (χ0n) is 15.9. The van der Waals surface area contributed by atoms with E-state index in [2.05, 4.69) is 10.6 Å². The zero-order chi connectivity index (χ0) is 21.7. The van der Waals surface area contributed by atoms with Crippen LogP contribution in [0.3, 0.4) is 0 Å². The first-order valence-electron chi connectivity index (χ1n) is 9.45. The van der Waals surface area contributed by atoms with Crippen LogP contribution in [0.2, 0.25) is 0 Å². The molecule has 0 radical (unpaired) electrons. The van der Waals surface area contributed by atoms with Crippen molar-refractivity contribution in [2.24, 2.45) is 0 Å². The standard InChI is InChI=1S/C21H21F3N2O4/c22-21(23,24)14-4-6-15(7-5-14)25-20(29)26-16-8-10-17(11-9-16)30-18-3-1-2-13(12-18)19(27)28/h1-7,12,16-17H,8-11H2,(H,27,28)(H2,25,26,29). The van der Waals surface area contributed by atoms with Gasteiger partial charge < -0.3 is 20.5 Å². The highest BCUT2D eigenvalue weighted by atomic mass is 19.4. The largest absolute Gasteiger partial charge is 0.490 e. The SMILES string of the molecule is O=C(Nc1ccc(C(F)(F)F)cc1)NC1CCC(Oc2cccc(C(=O)O)c2)CC1. The Morgan fingerprint density at radius 2 is 1.67 bits per heavy atom. The molecule has 6 nitrogen and oxygen atoms in total. The van der Waals surface area contributed by atoms with E-state index >= 15 is 0 Å². The van der Waals surface area contributed by atoms with Gasteiger partial charge in [-0.3, -0.25) is 0 Å². The van der Waals surface area contributed by atoms with Crippen LogP contribution in [-0.2, 0) is 6.18 Å². The minimum atomic E-state index is -4.42. The summed E-state index contributed by atoms with van der Waals surface area (Å²) in [6.07, 6.45) is -1.79. The number of carbonyl (C=O) groups excluding carboxylic acids is 1. The number of benzene rings is 2. The van der Waals surface area contributed by atoms with Crippen LogP contribution in [0.4, 0.5) is 23.7 Å². The maximum Gasteiger partial charge on any atom is 0.416 e. The smallest absolute Gasteiger partial charge is 0.416 e. The van der Waals surface area contributed by atoms with Gasteiger partial charge in [-0.1, -0.05) is 6.07 Å². The van der Waals surface area contributed by atoms with Gasteiger partial charge in [-0.05, 0) is 68.1 Å². The number of nitrogens with one attached hydrogen (secondary N) is 2. The summed E-state index contributed by atoms with van der Waals surface area (Å²) in [5, 5.41) is 14.4. The van der Waals surface area contributed by atoms with Gasteiger partial charge in [0.15, 0.2) is 0 Å². The minimum absolute atomic E-state index is 0.0786. The van der Waals surface area contributed by atoms with Crippen LogP contribution in [0.15, 0.2) is 48.5 Å². The monoisotopic (exact) mass is 422 g/mol. The molecule has 1 saturated carbocycles. The second kappa shape index (κ2) is 9.06. The number of aromatic carboxylic acids is 1. The van der Waals surface area contributed by atoms with Crippen molar-refractivity contribution in [3.8, 4) is 5.75 Å². The number of carbonyl (C=O) groups is 2. The van der Waals surface area contributed by atoms with E-state index in [0.717, 1.165) is 12.1 Å². The van der Waals surface area contributed by atoms with Crippen molar-refractivity contribution < 1.29 is 32.6 Å². The lowest BCUT2D eigenvalue weighted by Crippen LogP contribution is -2.41. The quantitative estimate of drug-likeness (QED) is 0.639.